The fraction of sp³-hybridized carbons (Fsp3) is 0.571. The van der Waals surface area contributed by atoms with E-state index in [-0.39, 0.29) is 0 Å². The Hall–Kier alpha value is -0.860. The van der Waals surface area contributed by atoms with E-state index in [1.165, 1.54) is 22.3 Å². The third-order valence-electron chi connectivity index (χ3n) is 2.67. The summed E-state index contributed by atoms with van der Waals surface area (Å²) in [5.41, 5.74) is 5.20. The summed E-state index contributed by atoms with van der Waals surface area (Å²) in [5.74, 6) is 0.496. The van der Waals surface area contributed by atoms with Crippen molar-refractivity contribution < 1.29 is 9.47 Å². The van der Waals surface area contributed by atoms with E-state index in [1.807, 2.05) is 0 Å². The maximum atomic E-state index is 5.27. The number of benzene rings is 1. The van der Waals surface area contributed by atoms with Crippen molar-refractivity contribution in [2.24, 2.45) is 0 Å². The van der Waals surface area contributed by atoms with Gasteiger partial charge in [-0.1, -0.05) is 31.5 Å². The number of rotatable bonds is 5. The molecule has 1 aromatic carbocycles. The van der Waals surface area contributed by atoms with Gasteiger partial charge < -0.3 is 9.47 Å². The molecule has 90 valence electrons. The van der Waals surface area contributed by atoms with E-state index in [0.717, 1.165) is 0 Å². The lowest BCUT2D eigenvalue weighted by Gasteiger charge is -2.18. The molecule has 1 rings (SSSR count). The Balaban J connectivity index is 3.23. The summed E-state index contributed by atoms with van der Waals surface area (Å²) < 4.78 is 10.5. The zero-order chi connectivity index (χ0) is 12.1. The molecule has 0 unspecified atom stereocenters. The molecule has 0 saturated carbocycles. The summed E-state index contributed by atoms with van der Waals surface area (Å²) in [7, 11) is 3.48. The van der Waals surface area contributed by atoms with Crippen molar-refractivity contribution in [2.75, 3.05) is 14.2 Å². The molecule has 0 fully saturated rings. The number of hydrogen-bond donors (Lipinski definition) is 0. The number of hydrogen-bond acceptors (Lipinski definition) is 2. The number of ether oxygens (including phenoxy) is 2. The van der Waals surface area contributed by atoms with Gasteiger partial charge in [-0.2, -0.15) is 0 Å². The predicted octanol–water partition coefficient (Wildman–Crippen LogP) is 3.41. The fourth-order valence-electron chi connectivity index (χ4n) is 2.24. The second kappa shape index (κ2) is 6.02. The Morgan fingerprint density at radius 3 is 1.75 bits per heavy atom. The Bertz CT molecular complexity index is 316. The quantitative estimate of drug-likeness (QED) is 0.760. The summed E-state index contributed by atoms with van der Waals surface area (Å²) >= 11 is 0. The van der Waals surface area contributed by atoms with E-state index in [1.54, 1.807) is 14.2 Å². The monoisotopic (exact) mass is 222 g/mol. The SMILES string of the molecule is COCc1cc(C)cc(COC)c1C(C)C. The molecule has 0 aliphatic rings. The normalized spacial score (nSPS) is 11.1. The highest BCUT2D eigenvalue weighted by molar-refractivity contribution is 5.40. The van der Waals surface area contributed by atoms with Crippen LogP contribution >= 0.6 is 0 Å². The number of methoxy groups -OCH3 is 2. The molecule has 0 aliphatic heterocycles. The van der Waals surface area contributed by atoms with Crippen LogP contribution < -0.4 is 0 Å². The van der Waals surface area contributed by atoms with Crippen LogP contribution in [0.3, 0.4) is 0 Å². The molecule has 0 saturated heterocycles. The smallest absolute Gasteiger partial charge is 0.0716 e. The lowest BCUT2D eigenvalue weighted by Crippen LogP contribution is -2.05. The van der Waals surface area contributed by atoms with Gasteiger partial charge in [0.25, 0.3) is 0 Å². The molecule has 0 aromatic heterocycles. The summed E-state index contributed by atoms with van der Waals surface area (Å²) in [6.45, 7) is 7.88. The van der Waals surface area contributed by atoms with Crippen LogP contribution in [0, 0.1) is 6.92 Å². The molecule has 2 nitrogen and oxygen atoms in total. The topological polar surface area (TPSA) is 18.5 Å². The van der Waals surface area contributed by atoms with Crippen molar-refractivity contribution in [1.29, 1.82) is 0 Å². The Labute approximate surface area is 98.6 Å². The summed E-state index contributed by atoms with van der Waals surface area (Å²) in [6, 6.07) is 4.41. The van der Waals surface area contributed by atoms with Gasteiger partial charge in [-0.05, 0) is 29.5 Å². The van der Waals surface area contributed by atoms with Crippen molar-refractivity contribution in [2.45, 2.75) is 39.9 Å². The molecule has 0 atom stereocenters. The second-order valence-corrected chi connectivity index (χ2v) is 4.52. The fourth-order valence-corrected chi connectivity index (χ4v) is 2.24. The summed E-state index contributed by atoms with van der Waals surface area (Å²) in [5, 5.41) is 0. The molecule has 0 spiro atoms. The van der Waals surface area contributed by atoms with Crippen molar-refractivity contribution in [3.8, 4) is 0 Å². The molecular formula is C14H22O2. The van der Waals surface area contributed by atoms with Crippen LogP contribution in [-0.4, -0.2) is 14.2 Å². The number of aryl methyl sites for hydroxylation is 1. The maximum Gasteiger partial charge on any atom is 0.0716 e. The van der Waals surface area contributed by atoms with Crippen LogP contribution in [0.2, 0.25) is 0 Å². The van der Waals surface area contributed by atoms with Crippen LogP contribution in [0.25, 0.3) is 0 Å². The molecule has 2 heteroatoms. The van der Waals surface area contributed by atoms with Gasteiger partial charge in [-0.3, -0.25) is 0 Å². The Kier molecular flexibility index (Phi) is 4.97. The van der Waals surface area contributed by atoms with Crippen molar-refractivity contribution in [1.82, 2.24) is 0 Å². The average Bonchev–Trinajstić information content (AvgIpc) is 2.17. The maximum absolute atomic E-state index is 5.27. The predicted molar refractivity (Wildman–Crippen MR) is 66.7 cm³/mol. The second-order valence-electron chi connectivity index (χ2n) is 4.52. The molecule has 0 bridgehead atoms. The van der Waals surface area contributed by atoms with E-state index < -0.39 is 0 Å². The van der Waals surface area contributed by atoms with Gasteiger partial charge in [0, 0.05) is 14.2 Å². The van der Waals surface area contributed by atoms with E-state index >= 15 is 0 Å². The highest BCUT2D eigenvalue weighted by Gasteiger charge is 2.12. The van der Waals surface area contributed by atoms with Crippen LogP contribution in [0.5, 0.6) is 0 Å². The molecule has 0 N–H and O–H groups in total. The molecule has 0 heterocycles. The molecule has 0 aliphatic carbocycles. The molecule has 0 amide bonds. The highest BCUT2D eigenvalue weighted by Crippen LogP contribution is 2.26. The van der Waals surface area contributed by atoms with Gasteiger partial charge in [0.15, 0.2) is 0 Å². The van der Waals surface area contributed by atoms with Gasteiger partial charge in [-0.25, -0.2) is 0 Å². The zero-order valence-corrected chi connectivity index (χ0v) is 11.0. The van der Waals surface area contributed by atoms with Crippen molar-refractivity contribution >= 4 is 0 Å². The van der Waals surface area contributed by atoms with Crippen molar-refractivity contribution in [3.05, 3.63) is 34.4 Å². The van der Waals surface area contributed by atoms with Crippen LogP contribution in [0.1, 0.15) is 42.0 Å². The Morgan fingerprint density at radius 2 is 1.44 bits per heavy atom. The van der Waals surface area contributed by atoms with Gasteiger partial charge in [0.1, 0.15) is 0 Å². The van der Waals surface area contributed by atoms with Crippen LogP contribution in [0.15, 0.2) is 12.1 Å². The minimum absolute atomic E-state index is 0.496. The van der Waals surface area contributed by atoms with Gasteiger partial charge >= 0.3 is 0 Å². The molecule has 1 aromatic rings. The Morgan fingerprint density at radius 1 is 1.00 bits per heavy atom. The molecular weight excluding hydrogens is 200 g/mol. The largest absolute Gasteiger partial charge is 0.380 e. The molecule has 0 radical (unpaired) electrons. The first kappa shape index (κ1) is 13.2. The first-order valence-electron chi connectivity index (χ1n) is 5.70. The van der Waals surface area contributed by atoms with Crippen LogP contribution in [0.4, 0.5) is 0 Å². The lowest BCUT2D eigenvalue weighted by atomic mass is 9.91. The van der Waals surface area contributed by atoms with Crippen LogP contribution in [-0.2, 0) is 22.7 Å². The minimum atomic E-state index is 0.496. The lowest BCUT2D eigenvalue weighted by molar-refractivity contribution is 0.178. The van der Waals surface area contributed by atoms with Gasteiger partial charge in [0.2, 0.25) is 0 Å². The third-order valence-corrected chi connectivity index (χ3v) is 2.67. The standard InChI is InChI=1S/C14H22O2/c1-10(2)14-12(8-15-4)6-11(3)7-13(14)9-16-5/h6-7,10H,8-9H2,1-5H3. The van der Waals surface area contributed by atoms with Gasteiger partial charge in [-0.15, -0.1) is 0 Å². The zero-order valence-electron chi connectivity index (χ0n) is 11.0. The van der Waals surface area contributed by atoms with Gasteiger partial charge in [0.05, 0.1) is 13.2 Å². The summed E-state index contributed by atoms with van der Waals surface area (Å²) in [4.78, 5) is 0. The van der Waals surface area contributed by atoms with E-state index in [0.29, 0.717) is 19.1 Å². The van der Waals surface area contributed by atoms with Crippen molar-refractivity contribution in [3.63, 3.8) is 0 Å². The first-order valence-corrected chi connectivity index (χ1v) is 5.70. The van der Waals surface area contributed by atoms with E-state index in [2.05, 4.69) is 32.9 Å². The highest BCUT2D eigenvalue weighted by atomic mass is 16.5. The van der Waals surface area contributed by atoms with E-state index in [9.17, 15) is 0 Å². The molecule has 16 heavy (non-hydrogen) atoms. The minimum Gasteiger partial charge on any atom is -0.380 e. The van der Waals surface area contributed by atoms with E-state index in [4.69, 9.17) is 9.47 Å². The third kappa shape index (κ3) is 3.06. The summed E-state index contributed by atoms with van der Waals surface area (Å²) in [6.07, 6.45) is 0. The first-order chi connectivity index (χ1) is 7.60. The average molecular weight is 222 g/mol.